The molecule has 0 amide bonds. The van der Waals surface area contributed by atoms with Crippen molar-refractivity contribution in [3.8, 4) is 11.3 Å². The third kappa shape index (κ3) is 2.94. The van der Waals surface area contributed by atoms with E-state index in [4.69, 9.17) is 5.11 Å². The lowest BCUT2D eigenvalue weighted by Crippen LogP contribution is -2.07. The van der Waals surface area contributed by atoms with Crippen LogP contribution >= 0.6 is 0 Å². The molecule has 3 rings (SSSR count). The van der Waals surface area contributed by atoms with Crippen molar-refractivity contribution < 1.29 is 5.11 Å². The summed E-state index contributed by atoms with van der Waals surface area (Å²) >= 11 is 0. The number of rotatable bonds is 5. The van der Waals surface area contributed by atoms with E-state index in [1.807, 2.05) is 37.1 Å². The summed E-state index contributed by atoms with van der Waals surface area (Å²) in [5.74, 6) is 0. The number of hydrogen-bond acceptors (Lipinski definition) is 4. The van der Waals surface area contributed by atoms with Gasteiger partial charge in [-0.25, -0.2) is 9.50 Å². The number of fused-ring (bicyclic) bond motifs is 1. The van der Waals surface area contributed by atoms with Crippen molar-refractivity contribution in [3.63, 3.8) is 0 Å². The van der Waals surface area contributed by atoms with Gasteiger partial charge in [-0.1, -0.05) is 12.1 Å². The first-order valence-electron chi connectivity index (χ1n) is 7.40. The molecule has 0 saturated heterocycles. The van der Waals surface area contributed by atoms with Gasteiger partial charge in [0.15, 0.2) is 5.65 Å². The Morgan fingerprint density at radius 3 is 2.64 bits per heavy atom. The lowest BCUT2D eigenvalue weighted by atomic mass is 10.1. The zero-order chi connectivity index (χ0) is 15.5. The summed E-state index contributed by atoms with van der Waals surface area (Å²) in [5.41, 5.74) is 5.07. The van der Waals surface area contributed by atoms with Gasteiger partial charge in [0.2, 0.25) is 0 Å². The van der Waals surface area contributed by atoms with E-state index in [2.05, 4.69) is 39.2 Å². The standard InChI is InChI=1S/C17H20N4O/c1-20(2)15-7-5-14(6-8-15)16-10-17-18-11-13(4-3-9-22)12-21(17)19-16/h5-8,10-12,22H,3-4,9H2,1-2H3. The molecule has 5 heteroatoms. The monoisotopic (exact) mass is 296 g/mol. The topological polar surface area (TPSA) is 53.7 Å². The van der Waals surface area contributed by atoms with Crippen molar-refractivity contribution in [1.29, 1.82) is 0 Å². The van der Waals surface area contributed by atoms with Gasteiger partial charge in [0.05, 0.1) is 5.69 Å². The molecule has 114 valence electrons. The van der Waals surface area contributed by atoms with E-state index in [0.29, 0.717) is 0 Å². The van der Waals surface area contributed by atoms with Crippen molar-refractivity contribution in [1.82, 2.24) is 14.6 Å². The SMILES string of the molecule is CN(C)c1ccc(-c2cc3ncc(CCCO)cn3n2)cc1. The second kappa shape index (κ2) is 6.15. The van der Waals surface area contributed by atoms with Crippen LogP contribution in [0.2, 0.25) is 0 Å². The number of anilines is 1. The fraction of sp³-hybridized carbons (Fsp3) is 0.294. The number of benzene rings is 1. The highest BCUT2D eigenvalue weighted by molar-refractivity contribution is 5.66. The van der Waals surface area contributed by atoms with Crippen LogP contribution in [0.3, 0.4) is 0 Å². The van der Waals surface area contributed by atoms with E-state index in [9.17, 15) is 0 Å². The van der Waals surface area contributed by atoms with Gasteiger partial charge in [-0.05, 0) is 30.5 Å². The number of nitrogens with zero attached hydrogens (tertiary/aromatic N) is 4. The van der Waals surface area contributed by atoms with Gasteiger partial charge in [0.25, 0.3) is 0 Å². The van der Waals surface area contributed by atoms with Crippen molar-refractivity contribution >= 4 is 11.3 Å². The number of aromatic nitrogens is 3. The molecular weight excluding hydrogens is 276 g/mol. The molecule has 0 aliphatic rings. The van der Waals surface area contributed by atoms with E-state index in [1.54, 1.807) is 0 Å². The minimum absolute atomic E-state index is 0.195. The molecule has 0 unspecified atom stereocenters. The summed E-state index contributed by atoms with van der Waals surface area (Å²) in [4.78, 5) is 6.51. The molecule has 0 spiro atoms. The summed E-state index contributed by atoms with van der Waals surface area (Å²) in [6, 6.07) is 10.3. The molecule has 0 aliphatic carbocycles. The molecule has 2 aromatic heterocycles. The first kappa shape index (κ1) is 14.5. The lowest BCUT2D eigenvalue weighted by molar-refractivity contribution is 0.288. The van der Waals surface area contributed by atoms with Gasteiger partial charge in [0.1, 0.15) is 0 Å². The Balaban J connectivity index is 1.90. The highest BCUT2D eigenvalue weighted by Gasteiger charge is 2.06. The predicted octanol–water partition coefficient (Wildman–Crippen LogP) is 2.39. The molecule has 0 saturated carbocycles. The van der Waals surface area contributed by atoms with Crippen molar-refractivity contribution in [2.75, 3.05) is 25.6 Å². The highest BCUT2D eigenvalue weighted by atomic mass is 16.2. The first-order valence-corrected chi connectivity index (χ1v) is 7.40. The minimum Gasteiger partial charge on any atom is -0.396 e. The second-order valence-corrected chi connectivity index (χ2v) is 5.56. The summed E-state index contributed by atoms with van der Waals surface area (Å²) in [6.45, 7) is 0.195. The Morgan fingerprint density at radius 1 is 1.18 bits per heavy atom. The summed E-state index contributed by atoms with van der Waals surface area (Å²) in [6.07, 6.45) is 5.39. The fourth-order valence-corrected chi connectivity index (χ4v) is 2.40. The molecule has 0 radical (unpaired) electrons. The molecule has 0 atom stereocenters. The Labute approximate surface area is 129 Å². The third-order valence-corrected chi connectivity index (χ3v) is 3.67. The van der Waals surface area contributed by atoms with Crippen LogP contribution in [0.15, 0.2) is 42.7 Å². The van der Waals surface area contributed by atoms with Crippen LogP contribution in [0.4, 0.5) is 5.69 Å². The maximum Gasteiger partial charge on any atom is 0.155 e. The Bertz CT molecular complexity index is 762. The molecule has 1 aromatic carbocycles. The smallest absolute Gasteiger partial charge is 0.155 e. The van der Waals surface area contributed by atoms with Crippen molar-refractivity contribution in [2.45, 2.75) is 12.8 Å². The molecule has 3 aromatic rings. The molecule has 1 N–H and O–H groups in total. The van der Waals surface area contributed by atoms with Crippen molar-refractivity contribution in [3.05, 3.63) is 48.3 Å². The largest absolute Gasteiger partial charge is 0.396 e. The van der Waals surface area contributed by atoms with Gasteiger partial charge in [-0.3, -0.25) is 0 Å². The van der Waals surface area contributed by atoms with E-state index >= 15 is 0 Å². The van der Waals surface area contributed by atoms with E-state index in [-0.39, 0.29) is 6.61 Å². The highest BCUT2D eigenvalue weighted by Crippen LogP contribution is 2.22. The lowest BCUT2D eigenvalue weighted by Gasteiger charge is -2.11. The van der Waals surface area contributed by atoms with Crippen LogP contribution < -0.4 is 4.90 Å². The van der Waals surface area contributed by atoms with E-state index in [1.165, 1.54) is 0 Å². The second-order valence-electron chi connectivity index (χ2n) is 5.56. The van der Waals surface area contributed by atoms with Gasteiger partial charge in [0, 0.05) is 50.4 Å². The van der Waals surface area contributed by atoms with Crippen LogP contribution in [0, 0.1) is 0 Å². The minimum atomic E-state index is 0.195. The Kier molecular flexibility index (Phi) is 4.06. The van der Waals surface area contributed by atoms with Crippen LogP contribution in [-0.2, 0) is 6.42 Å². The fourth-order valence-electron chi connectivity index (χ4n) is 2.40. The zero-order valence-electron chi connectivity index (χ0n) is 12.9. The molecule has 2 heterocycles. The first-order chi connectivity index (χ1) is 10.7. The predicted molar refractivity (Wildman–Crippen MR) is 88.2 cm³/mol. The van der Waals surface area contributed by atoms with Gasteiger partial charge < -0.3 is 10.0 Å². The zero-order valence-corrected chi connectivity index (χ0v) is 12.9. The molecule has 22 heavy (non-hydrogen) atoms. The Morgan fingerprint density at radius 2 is 1.95 bits per heavy atom. The van der Waals surface area contributed by atoms with E-state index < -0.39 is 0 Å². The van der Waals surface area contributed by atoms with Crippen LogP contribution in [0.25, 0.3) is 16.9 Å². The van der Waals surface area contributed by atoms with Crippen LogP contribution in [0.5, 0.6) is 0 Å². The number of aliphatic hydroxyl groups is 1. The van der Waals surface area contributed by atoms with Crippen molar-refractivity contribution in [2.24, 2.45) is 0 Å². The molecule has 0 fully saturated rings. The molecular formula is C17H20N4O. The number of aliphatic hydroxyl groups excluding tert-OH is 1. The van der Waals surface area contributed by atoms with Crippen LogP contribution in [-0.4, -0.2) is 40.4 Å². The van der Waals surface area contributed by atoms with Gasteiger partial charge in [-0.15, -0.1) is 0 Å². The van der Waals surface area contributed by atoms with Gasteiger partial charge in [-0.2, -0.15) is 5.10 Å². The quantitative estimate of drug-likeness (QED) is 0.785. The number of aryl methyl sites for hydroxylation is 1. The van der Waals surface area contributed by atoms with Crippen LogP contribution in [0.1, 0.15) is 12.0 Å². The third-order valence-electron chi connectivity index (χ3n) is 3.67. The molecule has 5 nitrogen and oxygen atoms in total. The molecule has 0 aliphatic heterocycles. The maximum atomic E-state index is 8.91. The summed E-state index contributed by atoms with van der Waals surface area (Å²) in [5, 5.41) is 13.5. The van der Waals surface area contributed by atoms with Gasteiger partial charge >= 0.3 is 0 Å². The normalized spacial score (nSPS) is 11.0. The summed E-state index contributed by atoms with van der Waals surface area (Å²) in [7, 11) is 4.05. The molecule has 0 bridgehead atoms. The Hall–Kier alpha value is -2.40. The average Bonchev–Trinajstić information content (AvgIpc) is 2.96. The average molecular weight is 296 g/mol. The van der Waals surface area contributed by atoms with E-state index in [0.717, 1.165) is 41.0 Å². The number of hydrogen-bond donors (Lipinski definition) is 1. The maximum absolute atomic E-state index is 8.91. The summed E-state index contributed by atoms with van der Waals surface area (Å²) < 4.78 is 1.81.